The van der Waals surface area contributed by atoms with Gasteiger partial charge >= 0.3 is 0 Å². The van der Waals surface area contributed by atoms with Gasteiger partial charge in [-0.1, -0.05) is 59.6 Å². The number of carbonyl (C=O) groups is 1. The Labute approximate surface area is 184 Å². The Balaban J connectivity index is 1.58. The van der Waals surface area contributed by atoms with Crippen molar-refractivity contribution >= 4 is 23.5 Å². The zero-order valence-corrected chi connectivity index (χ0v) is 17.8. The fourth-order valence-electron chi connectivity index (χ4n) is 3.46. The molecule has 6 nitrogen and oxygen atoms in total. The second-order valence-electron chi connectivity index (χ2n) is 7.27. The number of hydrogen-bond donors (Lipinski definition) is 2. The van der Waals surface area contributed by atoms with Crippen molar-refractivity contribution in [2.75, 3.05) is 11.9 Å². The Morgan fingerprint density at radius 2 is 1.90 bits per heavy atom. The molecule has 1 amide bonds. The second kappa shape index (κ2) is 9.11. The van der Waals surface area contributed by atoms with Gasteiger partial charge in [-0.15, -0.1) is 6.42 Å². The molecule has 1 atom stereocenters. The summed E-state index contributed by atoms with van der Waals surface area (Å²) in [7, 11) is 0. The van der Waals surface area contributed by atoms with Gasteiger partial charge in [0.25, 0.3) is 5.56 Å². The fraction of sp³-hybridized carbons (Fsp3) is 0.208. The number of aromatic nitrogens is 2. The number of H-pyrrole nitrogens is 1. The van der Waals surface area contributed by atoms with Crippen molar-refractivity contribution in [3.63, 3.8) is 0 Å². The molecule has 1 aromatic heterocycles. The Bertz CT molecular complexity index is 1190. The smallest absolute Gasteiger partial charge is 0.257 e. The van der Waals surface area contributed by atoms with E-state index in [0.717, 1.165) is 11.1 Å². The van der Waals surface area contributed by atoms with Gasteiger partial charge in [0.05, 0.1) is 5.56 Å². The number of rotatable bonds is 6. The third-order valence-electron chi connectivity index (χ3n) is 5.03. The average Bonchev–Trinajstić information content (AvgIpc) is 2.77. The minimum absolute atomic E-state index is 0.169. The van der Waals surface area contributed by atoms with Gasteiger partial charge in [-0.05, 0) is 30.2 Å². The van der Waals surface area contributed by atoms with Gasteiger partial charge in [-0.2, -0.15) is 0 Å². The van der Waals surface area contributed by atoms with E-state index in [1.165, 1.54) is 17.3 Å². The van der Waals surface area contributed by atoms with Crippen LogP contribution in [0.3, 0.4) is 0 Å². The van der Waals surface area contributed by atoms with Crippen molar-refractivity contribution in [2.24, 2.45) is 0 Å². The van der Waals surface area contributed by atoms with Crippen molar-refractivity contribution in [2.45, 2.75) is 30.2 Å². The summed E-state index contributed by atoms with van der Waals surface area (Å²) in [5.74, 6) is 3.50. The van der Waals surface area contributed by atoms with Gasteiger partial charge in [0.1, 0.15) is 18.2 Å². The highest BCUT2D eigenvalue weighted by molar-refractivity contribution is 7.98. The topological polar surface area (TPSA) is 84.1 Å². The number of anilines is 1. The lowest BCUT2D eigenvalue weighted by molar-refractivity contribution is -0.116. The average molecular weight is 432 g/mol. The molecule has 156 valence electrons. The number of nitrogens with zero attached hydrogens (tertiary/aromatic N) is 1. The lowest BCUT2D eigenvalue weighted by Gasteiger charge is -2.24. The molecule has 0 radical (unpaired) electrons. The highest BCUT2D eigenvalue weighted by Gasteiger charge is 2.31. The third kappa shape index (κ3) is 4.81. The summed E-state index contributed by atoms with van der Waals surface area (Å²) in [6, 6.07) is 15.5. The van der Waals surface area contributed by atoms with Gasteiger partial charge in [-0.3, -0.25) is 9.59 Å². The molecule has 0 saturated heterocycles. The third-order valence-corrected chi connectivity index (χ3v) is 5.97. The predicted molar refractivity (Wildman–Crippen MR) is 121 cm³/mol. The number of amides is 1. The van der Waals surface area contributed by atoms with Crippen LogP contribution in [-0.4, -0.2) is 22.5 Å². The van der Waals surface area contributed by atoms with Gasteiger partial charge in [0, 0.05) is 18.1 Å². The molecule has 0 fully saturated rings. The lowest BCUT2D eigenvalue weighted by atomic mass is 9.87. The van der Waals surface area contributed by atoms with Gasteiger partial charge < -0.3 is 15.0 Å². The number of hydrogen-bond acceptors (Lipinski definition) is 5. The molecule has 1 aliphatic heterocycles. The van der Waals surface area contributed by atoms with Crippen LogP contribution in [-0.2, 0) is 10.5 Å². The predicted octanol–water partition coefficient (Wildman–Crippen LogP) is 3.86. The monoisotopic (exact) mass is 431 g/mol. The van der Waals surface area contributed by atoms with E-state index >= 15 is 0 Å². The molecule has 1 aliphatic rings. The van der Waals surface area contributed by atoms with E-state index in [9.17, 15) is 9.59 Å². The first-order valence-corrected chi connectivity index (χ1v) is 10.8. The summed E-state index contributed by atoms with van der Waals surface area (Å²) in [6.45, 7) is 2.22. The Kier molecular flexibility index (Phi) is 6.10. The molecule has 0 aliphatic carbocycles. The first kappa shape index (κ1) is 20.8. The van der Waals surface area contributed by atoms with E-state index in [-0.39, 0.29) is 30.4 Å². The SMILES string of the molecule is C#CCOc1ccc([C@@H]2CC(=O)Nc3nc(SCc4ccc(C)cc4)[nH]c(=O)c32)cc1. The van der Waals surface area contributed by atoms with Crippen LogP contribution in [0.4, 0.5) is 5.82 Å². The summed E-state index contributed by atoms with van der Waals surface area (Å²) in [5.41, 5.74) is 3.39. The van der Waals surface area contributed by atoms with Crippen molar-refractivity contribution in [1.82, 2.24) is 9.97 Å². The highest BCUT2D eigenvalue weighted by Crippen LogP contribution is 2.35. The molecule has 0 spiro atoms. The van der Waals surface area contributed by atoms with Crippen molar-refractivity contribution in [3.8, 4) is 18.1 Å². The maximum Gasteiger partial charge on any atom is 0.257 e. The fourth-order valence-corrected chi connectivity index (χ4v) is 4.28. The molecule has 7 heteroatoms. The van der Waals surface area contributed by atoms with E-state index in [1.807, 2.05) is 43.3 Å². The van der Waals surface area contributed by atoms with Gasteiger partial charge in [-0.25, -0.2) is 4.98 Å². The first-order chi connectivity index (χ1) is 15.0. The zero-order chi connectivity index (χ0) is 21.8. The van der Waals surface area contributed by atoms with Crippen LogP contribution >= 0.6 is 11.8 Å². The molecule has 0 bridgehead atoms. The van der Waals surface area contributed by atoms with Gasteiger partial charge in [0.2, 0.25) is 5.91 Å². The number of carbonyl (C=O) groups excluding carboxylic acids is 1. The minimum atomic E-state index is -0.377. The van der Waals surface area contributed by atoms with Crippen LogP contribution in [0.2, 0.25) is 0 Å². The molecule has 2 aromatic carbocycles. The second-order valence-corrected chi connectivity index (χ2v) is 8.24. The number of ether oxygens (including phenoxy) is 1. The Morgan fingerprint density at radius 1 is 1.16 bits per heavy atom. The minimum Gasteiger partial charge on any atom is -0.481 e. The Morgan fingerprint density at radius 3 is 2.61 bits per heavy atom. The summed E-state index contributed by atoms with van der Waals surface area (Å²) in [5, 5.41) is 3.23. The standard InChI is InChI=1S/C24H21N3O3S/c1-3-12-30-18-10-8-17(9-11-18)19-13-20(28)25-22-21(19)23(29)27-24(26-22)31-14-16-6-4-15(2)5-7-16/h1,4-11,19H,12-14H2,2H3,(H2,25,26,27,28,29)/t19-/m0/s1. The van der Waals surface area contributed by atoms with E-state index in [4.69, 9.17) is 11.2 Å². The number of terminal acetylenes is 1. The van der Waals surface area contributed by atoms with Crippen LogP contribution in [0.25, 0.3) is 0 Å². The van der Waals surface area contributed by atoms with Crippen LogP contribution in [0.5, 0.6) is 5.75 Å². The molecule has 0 saturated carbocycles. The van der Waals surface area contributed by atoms with Crippen LogP contribution in [0, 0.1) is 19.3 Å². The molecule has 0 unspecified atom stereocenters. The maximum absolute atomic E-state index is 12.9. The van der Waals surface area contributed by atoms with Crippen molar-refractivity contribution < 1.29 is 9.53 Å². The molecule has 3 aromatic rings. The van der Waals surface area contributed by atoms with E-state index < -0.39 is 0 Å². The Hall–Kier alpha value is -3.50. The number of benzene rings is 2. The van der Waals surface area contributed by atoms with Crippen molar-refractivity contribution in [3.05, 3.63) is 81.1 Å². The van der Waals surface area contributed by atoms with E-state index in [1.54, 1.807) is 12.1 Å². The van der Waals surface area contributed by atoms with Crippen molar-refractivity contribution in [1.29, 1.82) is 0 Å². The summed E-state index contributed by atoms with van der Waals surface area (Å²) in [4.78, 5) is 32.7. The van der Waals surface area contributed by atoms with Crippen LogP contribution < -0.4 is 15.6 Å². The van der Waals surface area contributed by atoms with Gasteiger partial charge in [0.15, 0.2) is 5.16 Å². The zero-order valence-electron chi connectivity index (χ0n) is 17.0. The number of aryl methyl sites for hydroxylation is 1. The summed E-state index contributed by atoms with van der Waals surface area (Å²) in [6.07, 6.45) is 5.39. The molecule has 2 heterocycles. The molecular weight excluding hydrogens is 410 g/mol. The number of nitrogens with one attached hydrogen (secondary N) is 2. The lowest BCUT2D eigenvalue weighted by Crippen LogP contribution is -2.31. The normalized spacial score (nSPS) is 15.0. The quantitative estimate of drug-likeness (QED) is 0.352. The molecule has 2 N–H and O–H groups in total. The summed E-state index contributed by atoms with van der Waals surface area (Å²) < 4.78 is 5.40. The van der Waals surface area contributed by atoms with Crippen LogP contribution in [0.15, 0.2) is 58.5 Å². The largest absolute Gasteiger partial charge is 0.481 e. The first-order valence-electron chi connectivity index (χ1n) is 9.82. The number of thioether (sulfide) groups is 1. The molecule has 31 heavy (non-hydrogen) atoms. The maximum atomic E-state index is 12.9. The van der Waals surface area contributed by atoms with E-state index in [0.29, 0.717) is 28.0 Å². The number of aromatic amines is 1. The van der Waals surface area contributed by atoms with E-state index in [2.05, 4.69) is 21.2 Å². The van der Waals surface area contributed by atoms with Crippen LogP contribution in [0.1, 0.15) is 34.6 Å². The summed E-state index contributed by atoms with van der Waals surface area (Å²) >= 11 is 1.42. The number of fused-ring (bicyclic) bond motifs is 1. The highest BCUT2D eigenvalue weighted by atomic mass is 32.2. The molecule has 4 rings (SSSR count). The molecular formula is C24H21N3O3S.